The molecule has 1 fully saturated rings. The van der Waals surface area contributed by atoms with Gasteiger partial charge in [0.25, 0.3) is 5.91 Å². The average Bonchev–Trinajstić information content (AvgIpc) is 3.02. The third-order valence-corrected chi connectivity index (χ3v) is 3.50. The fourth-order valence-corrected chi connectivity index (χ4v) is 2.53. The number of hydrazone groups is 1. The standard InChI is InChI=1S/C14H12FN3O4/c1-2-22-14(21)11-9-10(16-17-11)13(20)18(12(9)19)8-6-4-3-5-7(8)15/h3-6,9-10,16H,2H2,1H3/t9-,10-/m1/s1. The lowest BCUT2D eigenvalue weighted by Gasteiger charge is -2.16. The van der Waals surface area contributed by atoms with Crippen LogP contribution in [0.5, 0.6) is 0 Å². The van der Waals surface area contributed by atoms with Crippen LogP contribution in [-0.4, -0.2) is 36.1 Å². The number of nitrogens with zero attached hydrogens (tertiary/aromatic N) is 2. The van der Waals surface area contributed by atoms with Gasteiger partial charge in [-0.2, -0.15) is 5.10 Å². The zero-order valence-electron chi connectivity index (χ0n) is 11.6. The number of amides is 2. The minimum absolute atomic E-state index is 0.119. The molecule has 2 aliphatic rings. The zero-order chi connectivity index (χ0) is 15.9. The van der Waals surface area contributed by atoms with Crippen molar-refractivity contribution in [2.75, 3.05) is 11.5 Å². The van der Waals surface area contributed by atoms with E-state index in [1.165, 1.54) is 18.2 Å². The number of carbonyl (C=O) groups excluding carboxylic acids is 3. The molecule has 0 bridgehead atoms. The molecule has 2 atom stereocenters. The summed E-state index contributed by atoms with van der Waals surface area (Å²) in [6.07, 6.45) is 0. The van der Waals surface area contributed by atoms with Crippen molar-refractivity contribution in [3.8, 4) is 0 Å². The Morgan fingerprint density at radius 1 is 1.36 bits per heavy atom. The van der Waals surface area contributed by atoms with Crippen LogP contribution in [0.15, 0.2) is 29.4 Å². The third-order valence-electron chi connectivity index (χ3n) is 3.50. The fraction of sp³-hybridized carbons (Fsp3) is 0.286. The van der Waals surface area contributed by atoms with E-state index < -0.39 is 35.6 Å². The number of esters is 1. The van der Waals surface area contributed by atoms with Crippen molar-refractivity contribution in [3.63, 3.8) is 0 Å². The topological polar surface area (TPSA) is 88.1 Å². The maximum Gasteiger partial charge on any atom is 0.355 e. The van der Waals surface area contributed by atoms with Gasteiger partial charge in [0.05, 0.1) is 12.3 Å². The number of halogens is 1. The number of nitrogens with one attached hydrogen (secondary N) is 1. The number of hydrogen-bond acceptors (Lipinski definition) is 6. The predicted molar refractivity (Wildman–Crippen MR) is 73.4 cm³/mol. The van der Waals surface area contributed by atoms with Crippen molar-refractivity contribution in [2.24, 2.45) is 11.0 Å². The van der Waals surface area contributed by atoms with Gasteiger partial charge < -0.3 is 4.74 Å². The first-order chi connectivity index (χ1) is 10.6. The van der Waals surface area contributed by atoms with Crippen LogP contribution in [0.2, 0.25) is 0 Å². The number of benzene rings is 1. The van der Waals surface area contributed by atoms with Crippen molar-refractivity contribution in [1.29, 1.82) is 0 Å². The summed E-state index contributed by atoms with van der Waals surface area (Å²) < 4.78 is 18.7. The first-order valence-electron chi connectivity index (χ1n) is 6.68. The van der Waals surface area contributed by atoms with Gasteiger partial charge in [0, 0.05) is 0 Å². The molecule has 2 amide bonds. The summed E-state index contributed by atoms with van der Waals surface area (Å²) in [6, 6.07) is 4.44. The summed E-state index contributed by atoms with van der Waals surface area (Å²) in [5, 5.41) is 3.72. The lowest BCUT2D eigenvalue weighted by molar-refractivity contribution is -0.136. The Balaban J connectivity index is 1.95. The number of fused-ring (bicyclic) bond motifs is 1. The van der Waals surface area contributed by atoms with Crippen molar-refractivity contribution >= 4 is 29.2 Å². The number of rotatable bonds is 3. The van der Waals surface area contributed by atoms with E-state index >= 15 is 0 Å². The van der Waals surface area contributed by atoms with E-state index in [0.29, 0.717) is 0 Å². The summed E-state index contributed by atoms with van der Waals surface area (Å²) >= 11 is 0. The highest BCUT2D eigenvalue weighted by Crippen LogP contribution is 2.32. The Kier molecular flexibility index (Phi) is 3.36. The molecule has 0 saturated carbocycles. The van der Waals surface area contributed by atoms with Gasteiger partial charge in [0.15, 0.2) is 5.71 Å². The smallest absolute Gasteiger partial charge is 0.355 e. The molecule has 22 heavy (non-hydrogen) atoms. The molecule has 0 spiro atoms. The molecule has 1 saturated heterocycles. The van der Waals surface area contributed by atoms with E-state index in [2.05, 4.69) is 10.5 Å². The number of para-hydroxylation sites is 1. The summed E-state index contributed by atoms with van der Waals surface area (Å²) in [5.41, 5.74) is 2.16. The first kappa shape index (κ1) is 14.2. The van der Waals surface area contributed by atoms with E-state index in [1.54, 1.807) is 6.92 Å². The van der Waals surface area contributed by atoms with Crippen molar-refractivity contribution in [1.82, 2.24) is 5.43 Å². The summed E-state index contributed by atoms with van der Waals surface area (Å²) in [7, 11) is 0. The van der Waals surface area contributed by atoms with Gasteiger partial charge in [-0.15, -0.1) is 0 Å². The normalized spacial score (nSPS) is 23.2. The molecule has 0 unspecified atom stereocenters. The van der Waals surface area contributed by atoms with E-state index in [9.17, 15) is 18.8 Å². The molecule has 7 nitrogen and oxygen atoms in total. The second-order valence-electron chi connectivity index (χ2n) is 4.77. The summed E-state index contributed by atoms with van der Waals surface area (Å²) in [6.45, 7) is 1.74. The van der Waals surface area contributed by atoms with E-state index in [4.69, 9.17) is 4.74 Å². The van der Waals surface area contributed by atoms with Crippen LogP contribution in [0.1, 0.15) is 6.92 Å². The van der Waals surface area contributed by atoms with E-state index in [1.807, 2.05) is 0 Å². The highest BCUT2D eigenvalue weighted by molar-refractivity contribution is 6.46. The SMILES string of the molecule is CCOC(=O)C1=NN[C@H]2C(=O)N(c3ccccc3F)C(=O)[C@@H]12. The Bertz CT molecular complexity index is 703. The number of carbonyl (C=O) groups is 3. The molecular weight excluding hydrogens is 293 g/mol. The Morgan fingerprint density at radius 3 is 2.77 bits per heavy atom. The molecule has 114 valence electrons. The maximum atomic E-state index is 13.9. The number of imide groups is 1. The average molecular weight is 305 g/mol. The van der Waals surface area contributed by atoms with Gasteiger partial charge in [-0.3, -0.25) is 15.0 Å². The third kappa shape index (κ3) is 1.95. The summed E-state index contributed by atoms with van der Waals surface area (Å²) in [4.78, 5) is 37.3. The van der Waals surface area contributed by atoms with Crippen LogP contribution in [0, 0.1) is 11.7 Å². The maximum absolute atomic E-state index is 13.9. The molecule has 0 radical (unpaired) electrons. The second-order valence-corrected chi connectivity index (χ2v) is 4.77. The van der Waals surface area contributed by atoms with Crippen LogP contribution in [-0.2, 0) is 19.1 Å². The van der Waals surface area contributed by atoms with Crippen molar-refractivity contribution in [2.45, 2.75) is 13.0 Å². The monoisotopic (exact) mass is 305 g/mol. The van der Waals surface area contributed by atoms with Gasteiger partial charge in [0.1, 0.15) is 17.8 Å². The van der Waals surface area contributed by atoms with Gasteiger partial charge in [-0.25, -0.2) is 14.1 Å². The lowest BCUT2D eigenvalue weighted by Crippen LogP contribution is -2.36. The van der Waals surface area contributed by atoms with Crippen LogP contribution in [0.4, 0.5) is 10.1 Å². The lowest BCUT2D eigenvalue weighted by atomic mass is 9.99. The molecular formula is C14H12FN3O4. The van der Waals surface area contributed by atoms with Crippen LogP contribution in [0.25, 0.3) is 0 Å². The van der Waals surface area contributed by atoms with Gasteiger partial charge in [0.2, 0.25) is 5.91 Å². The number of hydrogen-bond donors (Lipinski definition) is 1. The fourth-order valence-electron chi connectivity index (χ4n) is 2.53. The van der Waals surface area contributed by atoms with Gasteiger partial charge in [-0.05, 0) is 19.1 Å². The number of anilines is 1. The first-order valence-corrected chi connectivity index (χ1v) is 6.68. The molecule has 8 heteroatoms. The highest BCUT2D eigenvalue weighted by Gasteiger charge is 2.56. The van der Waals surface area contributed by atoms with Crippen LogP contribution < -0.4 is 10.3 Å². The molecule has 2 aliphatic heterocycles. The van der Waals surface area contributed by atoms with Crippen molar-refractivity contribution in [3.05, 3.63) is 30.1 Å². The van der Waals surface area contributed by atoms with E-state index in [0.717, 1.165) is 11.0 Å². The molecule has 0 aromatic heterocycles. The largest absolute Gasteiger partial charge is 0.461 e. The van der Waals surface area contributed by atoms with E-state index in [-0.39, 0.29) is 18.0 Å². The minimum atomic E-state index is -1.09. The summed E-state index contributed by atoms with van der Waals surface area (Å²) in [5.74, 6) is -3.90. The molecule has 1 aromatic carbocycles. The Hall–Kier alpha value is -2.77. The Morgan fingerprint density at radius 2 is 2.09 bits per heavy atom. The van der Waals surface area contributed by atoms with Crippen LogP contribution >= 0.6 is 0 Å². The highest BCUT2D eigenvalue weighted by atomic mass is 19.1. The van der Waals surface area contributed by atoms with Crippen molar-refractivity contribution < 1.29 is 23.5 Å². The minimum Gasteiger partial charge on any atom is -0.461 e. The molecule has 1 N–H and O–H groups in total. The predicted octanol–water partition coefficient (Wildman–Crippen LogP) is 0.206. The van der Waals surface area contributed by atoms with Crippen LogP contribution in [0.3, 0.4) is 0 Å². The second kappa shape index (κ2) is 5.21. The molecule has 0 aliphatic carbocycles. The Labute approximate surface area is 124 Å². The van der Waals surface area contributed by atoms with Gasteiger partial charge >= 0.3 is 5.97 Å². The zero-order valence-corrected chi connectivity index (χ0v) is 11.6. The molecule has 2 heterocycles. The van der Waals surface area contributed by atoms with Gasteiger partial charge in [-0.1, -0.05) is 12.1 Å². The molecule has 3 rings (SSSR count). The molecule has 1 aromatic rings. The number of ether oxygens (including phenoxy) is 1. The quantitative estimate of drug-likeness (QED) is 0.637.